The number of esters is 2. The van der Waals surface area contributed by atoms with Gasteiger partial charge in [-0.25, -0.2) is 14.6 Å². The van der Waals surface area contributed by atoms with Crippen LogP contribution in [0.1, 0.15) is 0 Å². The van der Waals surface area contributed by atoms with Crippen molar-refractivity contribution in [3.63, 3.8) is 0 Å². The van der Waals surface area contributed by atoms with E-state index in [1.54, 1.807) is 5.01 Å². The minimum Gasteiger partial charge on any atom is -0.466 e. The molecular weight excluding hydrogens is 320 g/mol. The normalized spacial score (nSPS) is 13.8. The molecule has 2 aromatic carbocycles. The van der Waals surface area contributed by atoms with Crippen LogP contribution in [0.2, 0.25) is 0 Å². The maximum absolute atomic E-state index is 12.4. The van der Waals surface area contributed by atoms with Crippen LogP contribution < -0.4 is 10.0 Å². The molecule has 1 aliphatic heterocycles. The van der Waals surface area contributed by atoms with Crippen molar-refractivity contribution in [3.8, 4) is 0 Å². The minimum absolute atomic E-state index is 0.157. The lowest BCUT2D eigenvalue weighted by Crippen LogP contribution is -2.39. The van der Waals surface area contributed by atoms with E-state index in [-0.39, 0.29) is 17.8 Å². The van der Waals surface area contributed by atoms with Crippen LogP contribution in [0.3, 0.4) is 0 Å². The molecule has 128 valence electrons. The van der Waals surface area contributed by atoms with Crippen LogP contribution >= 0.6 is 0 Å². The zero-order chi connectivity index (χ0) is 17.8. The van der Waals surface area contributed by atoms with Crippen molar-refractivity contribution in [1.29, 1.82) is 0 Å². The fourth-order valence-corrected chi connectivity index (χ4v) is 2.78. The van der Waals surface area contributed by atoms with Crippen LogP contribution in [0, 0.1) is 0 Å². The van der Waals surface area contributed by atoms with E-state index in [1.165, 1.54) is 14.2 Å². The summed E-state index contributed by atoms with van der Waals surface area (Å²) >= 11 is 0. The van der Waals surface area contributed by atoms with Crippen LogP contribution in [0.15, 0.2) is 71.9 Å². The number of benzene rings is 2. The first-order chi connectivity index (χ1) is 12.2. The van der Waals surface area contributed by atoms with E-state index in [1.807, 2.05) is 65.7 Å². The summed E-state index contributed by atoms with van der Waals surface area (Å²) in [5, 5.41) is 3.53. The number of methoxy groups -OCH3 is 2. The summed E-state index contributed by atoms with van der Waals surface area (Å²) in [4.78, 5) is 24.7. The predicted molar refractivity (Wildman–Crippen MR) is 93.8 cm³/mol. The molecule has 0 spiro atoms. The van der Waals surface area contributed by atoms with E-state index >= 15 is 0 Å². The predicted octanol–water partition coefficient (Wildman–Crippen LogP) is 2.53. The smallest absolute Gasteiger partial charge is 0.357 e. The van der Waals surface area contributed by atoms with Gasteiger partial charge in [0.25, 0.3) is 0 Å². The van der Waals surface area contributed by atoms with Gasteiger partial charge in [0, 0.05) is 0 Å². The van der Waals surface area contributed by atoms with Gasteiger partial charge in [-0.1, -0.05) is 36.4 Å². The Hall–Kier alpha value is -3.28. The Morgan fingerprint density at radius 3 is 1.84 bits per heavy atom. The molecule has 0 aromatic heterocycles. The third kappa shape index (κ3) is 3.06. The van der Waals surface area contributed by atoms with Gasteiger partial charge >= 0.3 is 11.9 Å². The van der Waals surface area contributed by atoms with Gasteiger partial charge in [-0.15, -0.1) is 0 Å². The molecule has 6 nitrogen and oxygen atoms in total. The SMILES string of the molecule is COC(=O)C1=C(C(=O)OC)N(c2ccccc2)N(c2ccccc2)C1. The Labute approximate surface area is 145 Å². The molecule has 0 aliphatic carbocycles. The molecule has 6 heteroatoms. The van der Waals surface area contributed by atoms with Gasteiger partial charge in [-0.2, -0.15) is 0 Å². The third-order valence-corrected chi connectivity index (χ3v) is 3.91. The Bertz CT molecular complexity index is 803. The van der Waals surface area contributed by atoms with Crippen LogP contribution in [0.4, 0.5) is 11.4 Å². The van der Waals surface area contributed by atoms with E-state index in [9.17, 15) is 9.59 Å². The van der Waals surface area contributed by atoms with E-state index in [0.717, 1.165) is 11.4 Å². The number of carbonyl (C=O) groups excluding carboxylic acids is 2. The highest BCUT2D eigenvalue weighted by Gasteiger charge is 2.39. The summed E-state index contributed by atoms with van der Waals surface area (Å²) in [5.41, 5.74) is 1.99. The van der Waals surface area contributed by atoms with Gasteiger partial charge in [0.15, 0.2) is 5.70 Å². The van der Waals surface area contributed by atoms with Gasteiger partial charge in [-0.3, -0.25) is 5.01 Å². The molecule has 0 saturated heterocycles. The van der Waals surface area contributed by atoms with Crippen LogP contribution in [-0.2, 0) is 19.1 Å². The zero-order valence-corrected chi connectivity index (χ0v) is 14.0. The first-order valence-electron chi connectivity index (χ1n) is 7.74. The van der Waals surface area contributed by atoms with Crippen molar-refractivity contribution >= 4 is 23.3 Å². The summed E-state index contributed by atoms with van der Waals surface area (Å²) in [6.45, 7) is 0.204. The maximum Gasteiger partial charge on any atom is 0.357 e. The first kappa shape index (κ1) is 16.6. The Morgan fingerprint density at radius 1 is 0.800 bits per heavy atom. The molecule has 0 radical (unpaired) electrons. The van der Waals surface area contributed by atoms with Crippen LogP contribution in [0.5, 0.6) is 0 Å². The molecule has 3 rings (SSSR count). The highest BCUT2D eigenvalue weighted by atomic mass is 16.5. The molecule has 25 heavy (non-hydrogen) atoms. The fourth-order valence-electron chi connectivity index (χ4n) is 2.78. The average molecular weight is 338 g/mol. The third-order valence-electron chi connectivity index (χ3n) is 3.91. The number of para-hydroxylation sites is 2. The fraction of sp³-hybridized carbons (Fsp3) is 0.158. The minimum atomic E-state index is -0.595. The number of ether oxygens (including phenoxy) is 2. The average Bonchev–Trinajstić information content (AvgIpc) is 3.08. The highest BCUT2D eigenvalue weighted by molar-refractivity contribution is 6.06. The molecule has 1 aliphatic rings. The number of hydrogen-bond donors (Lipinski definition) is 0. The number of hydrazine groups is 1. The second kappa shape index (κ2) is 7.09. The lowest BCUT2D eigenvalue weighted by molar-refractivity contribution is -0.139. The monoisotopic (exact) mass is 338 g/mol. The molecule has 0 fully saturated rings. The summed E-state index contributed by atoms with van der Waals surface area (Å²) in [6, 6.07) is 18.8. The van der Waals surface area contributed by atoms with E-state index in [4.69, 9.17) is 9.47 Å². The molecule has 0 atom stereocenters. The quantitative estimate of drug-likeness (QED) is 0.799. The number of rotatable bonds is 4. The second-order valence-electron chi connectivity index (χ2n) is 5.35. The molecule has 2 aromatic rings. The molecule has 0 amide bonds. The zero-order valence-electron chi connectivity index (χ0n) is 14.0. The van der Waals surface area contributed by atoms with Gasteiger partial charge in [-0.05, 0) is 24.3 Å². The molecule has 0 bridgehead atoms. The van der Waals surface area contributed by atoms with E-state index in [0.29, 0.717) is 0 Å². The van der Waals surface area contributed by atoms with Gasteiger partial charge in [0.1, 0.15) is 0 Å². The summed E-state index contributed by atoms with van der Waals surface area (Å²) in [5.74, 6) is -1.15. The van der Waals surface area contributed by atoms with E-state index in [2.05, 4.69) is 0 Å². The molecule has 0 unspecified atom stereocenters. The number of nitrogens with zero attached hydrogens (tertiary/aromatic N) is 2. The van der Waals surface area contributed by atoms with Crippen LogP contribution in [0.25, 0.3) is 0 Å². The lowest BCUT2D eigenvalue weighted by atomic mass is 10.2. The largest absolute Gasteiger partial charge is 0.466 e. The van der Waals surface area contributed by atoms with Crippen molar-refractivity contribution in [2.45, 2.75) is 0 Å². The summed E-state index contributed by atoms with van der Waals surface area (Å²) < 4.78 is 9.79. The van der Waals surface area contributed by atoms with Crippen molar-refractivity contribution in [3.05, 3.63) is 71.9 Å². The van der Waals surface area contributed by atoms with E-state index < -0.39 is 11.9 Å². The molecule has 0 saturated carbocycles. The second-order valence-corrected chi connectivity index (χ2v) is 5.35. The molecular formula is C19H18N2O4. The van der Waals surface area contributed by atoms with Crippen molar-refractivity contribution in [1.82, 2.24) is 0 Å². The van der Waals surface area contributed by atoms with Gasteiger partial charge < -0.3 is 9.47 Å². The lowest BCUT2D eigenvalue weighted by Gasteiger charge is -2.32. The van der Waals surface area contributed by atoms with Crippen molar-refractivity contribution in [2.24, 2.45) is 0 Å². The Kier molecular flexibility index (Phi) is 4.70. The van der Waals surface area contributed by atoms with Gasteiger partial charge in [0.2, 0.25) is 0 Å². The molecule has 1 heterocycles. The topological polar surface area (TPSA) is 59.1 Å². The Balaban J connectivity index is 2.16. The van der Waals surface area contributed by atoms with Crippen LogP contribution in [-0.4, -0.2) is 32.7 Å². The summed E-state index contributed by atoms with van der Waals surface area (Å²) in [7, 11) is 2.58. The summed E-state index contributed by atoms with van der Waals surface area (Å²) in [6.07, 6.45) is 0. The number of carbonyl (C=O) groups is 2. The van der Waals surface area contributed by atoms with Gasteiger partial charge in [0.05, 0.1) is 37.7 Å². The number of anilines is 2. The Morgan fingerprint density at radius 2 is 1.32 bits per heavy atom. The van der Waals surface area contributed by atoms with Crippen molar-refractivity contribution in [2.75, 3.05) is 30.8 Å². The van der Waals surface area contributed by atoms with Crippen molar-refractivity contribution < 1.29 is 19.1 Å². The standard InChI is InChI=1S/C19H18N2O4/c1-24-18(22)16-13-20(14-9-5-3-6-10-14)21(17(16)19(23)25-2)15-11-7-4-8-12-15/h3-12H,13H2,1-2H3. The highest BCUT2D eigenvalue weighted by Crippen LogP contribution is 2.34. The number of hydrogen-bond acceptors (Lipinski definition) is 6. The molecule has 0 N–H and O–H groups in total. The first-order valence-corrected chi connectivity index (χ1v) is 7.74. The maximum atomic E-state index is 12.4.